The smallest absolute Gasteiger partial charge is 0.267 e. The van der Waals surface area contributed by atoms with E-state index < -0.39 is 0 Å². The van der Waals surface area contributed by atoms with Crippen LogP contribution in [-0.2, 0) is 19.4 Å². The lowest BCUT2D eigenvalue weighted by Gasteiger charge is -2.33. The minimum atomic E-state index is 0.0603. The number of unbranched alkanes of at least 4 members (excludes halogenated alkanes) is 1. The Balaban J connectivity index is 2.03. The highest BCUT2D eigenvalue weighted by atomic mass is 32.1. The third kappa shape index (κ3) is 2.71. The van der Waals surface area contributed by atoms with Gasteiger partial charge in [0.25, 0.3) is 5.56 Å². The lowest BCUT2D eigenvalue weighted by molar-refractivity contribution is 0.218. The minimum Gasteiger partial charge on any atom is -0.267 e. The Morgan fingerprint density at radius 3 is 2.82 bits per heavy atom. The fourth-order valence-electron chi connectivity index (χ4n) is 3.32. The van der Waals surface area contributed by atoms with Crippen molar-refractivity contribution in [2.24, 2.45) is 11.3 Å². The number of aromatic nitrogens is 3. The van der Waals surface area contributed by atoms with Crippen LogP contribution in [0.5, 0.6) is 0 Å². The Hall–Kier alpha value is -1.23. The van der Waals surface area contributed by atoms with Crippen LogP contribution in [0.1, 0.15) is 57.4 Å². The van der Waals surface area contributed by atoms with Crippen LogP contribution >= 0.6 is 11.3 Å². The monoisotopic (exact) mass is 319 g/mol. The third-order valence-corrected chi connectivity index (χ3v) is 6.03. The first-order chi connectivity index (χ1) is 10.4. The maximum absolute atomic E-state index is 12.7. The molecule has 120 valence electrons. The van der Waals surface area contributed by atoms with Gasteiger partial charge in [-0.25, -0.2) is 4.68 Å². The van der Waals surface area contributed by atoms with Gasteiger partial charge in [-0.1, -0.05) is 39.3 Å². The molecule has 5 heteroatoms. The number of nitrogens with zero attached hydrogens (tertiary/aromatic N) is 3. The first-order valence-corrected chi connectivity index (χ1v) is 9.11. The molecule has 22 heavy (non-hydrogen) atoms. The van der Waals surface area contributed by atoms with Gasteiger partial charge in [0.15, 0.2) is 4.83 Å². The van der Waals surface area contributed by atoms with E-state index in [1.165, 1.54) is 16.9 Å². The van der Waals surface area contributed by atoms with Crippen molar-refractivity contribution in [2.45, 2.75) is 66.3 Å². The van der Waals surface area contributed by atoms with Crippen molar-refractivity contribution < 1.29 is 0 Å². The quantitative estimate of drug-likeness (QED) is 0.864. The van der Waals surface area contributed by atoms with E-state index in [0.717, 1.165) is 35.9 Å². The van der Waals surface area contributed by atoms with Gasteiger partial charge in [0.05, 0.1) is 5.39 Å². The van der Waals surface area contributed by atoms with Crippen LogP contribution in [0.2, 0.25) is 0 Å². The topological polar surface area (TPSA) is 47.8 Å². The third-order valence-electron chi connectivity index (χ3n) is 4.89. The van der Waals surface area contributed by atoms with Crippen molar-refractivity contribution in [1.82, 2.24) is 15.0 Å². The molecule has 0 spiro atoms. The van der Waals surface area contributed by atoms with Gasteiger partial charge in [0.1, 0.15) is 0 Å². The number of hydrogen-bond acceptors (Lipinski definition) is 4. The zero-order chi connectivity index (χ0) is 15.9. The summed E-state index contributed by atoms with van der Waals surface area (Å²) >= 11 is 1.68. The Bertz CT molecular complexity index is 739. The molecule has 4 nitrogen and oxygen atoms in total. The van der Waals surface area contributed by atoms with Crippen molar-refractivity contribution >= 4 is 21.6 Å². The van der Waals surface area contributed by atoms with Crippen LogP contribution < -0.4 is 5.56 Å². The fraction of sp³-hybridized carbons (Fsp3) is 0.706. The summed E-state index contributed by atoms with van der Waals surface area (Å²) < 4.78 is 1.55. The second-order valence-electron chi connectivity index (χ2n) is 7.46. The summed E-state index contributed by atoms with van der Waals surface area (Å²) in [5, 5.41) is 9.28. The Morgan fingerprint density at radius 1 is 1.36 bits per heavy atom. The van der Waals surface area contributed by atoms with Crippen molar-refractivity contribution in [3.05, 3.63) is 20.8 Å². The van der Waals surface area contributed by atoms with Gasteiger partial charge in [0, 0.05) is 11.4 Å². The van der Waals surface area contributed by atoms with Crippen molar-refractivity contribution in [2.75, 3.05) is 0 Å². The summed E-state index contributed by atoms with van der Waals surface area (Å²) in [7, 11) is 0. The van der Waals surface area contributed by atoms with Crippen LogP contribution in [-0.4, -0.2) is 15.0 Å². The molecule has 1 aliphatic rings. The summed E-state index contributed by atoms with van der Waals surface area (Å²) in [4.78, 5) is 14.9. The highest BCUT2D eigenvalue weighted by molar-refractivity contribution is 7.18. The molecule has 0 N–H and O–H groups in total. The molecule has 0 amide bonds. The largest absolute Gasteiger partial charge is 0.278 e. The number of thiophene rings is 1. The van der Waals surface area contributed by atoms with E-state index in [2.05, 4.69) is 38.0 Å². The normalized spacial score (nSPS) is 18.6. The summed E-state index contributed by atoms with van der Waals surface area (Å²) in [6, 6.07) is 0. The predicted octanol–water partition coefficient (Wildman–Crippen LogP) is 3.80. The minimum absolute atomic E-state index is 0.0603. The Morgan fingerprint density at radius 2 is 2.14 bits per heavy atom. The molecule has 0 radical (unpaired) electrons. The maximum Gasteiger partial charge on any atom is 0.278 e. The van der Waals surface area contributed by atoms with Gasteiger partial charge in [-0.15, -0.1) is 16.4 Å². The molecule has 2 aromatic heterocycles. The van der Waals surface area contributed by atoms with Gasteiger partial charge < -0.3 is 0 Å². The number of fused-ring (bicyclic) bond motifs is 3. The zero-order valence-corrected chi connectivity index (χ0v) is 14.8. The lowest BCUT2D eigenvalue weighted by atomic mass is 9.72. The van der Waals surface area contributed by atoms with E-state index in [4.69, 9.17) is 0 Å². The zero-order valence-electron chi connectivity index (χ0n) is 14.0. The molecule has 2 heterocycles. The van der Waals surface area contributed by atoms with E-state index in [1.54, 1.807) is 16.0 Å². The summed E-state index contributed by atoms with van der Waals surface area (Å²) in [6.07, 6.45) is 5.28. The first kappa shape index (κ1) is 15.7. The molecule has 0 aliphatic heterocycles. The van der Waals surface area contributed by atoms with Crippen molar-refractivity contribution in [3.8, 4) is 0 Å². The van der Waals surface area contributed by atoms with Gasteiger partial charge in [-0.05, 0) is 42.6 Å². The predicted molar refractivity (Wildman–Crippen MR) is 91.6 cm³/mol. The lowest BCUT2D eigenvalue weighted by Crippen LogP contribution is -2.27. The summed E-state index contributed by atoms with van der Waals surface area (Å²) in [5.41, 5.74) is 1.64. The fourth-order valence-corrected chi connectivity index (χ4v) is 4.56. The second-order valence-corrected chi connectivity index (χ2v) is 8.54. The van der Waals surface area contributed by atoms with E-state index in [0.29, 0.717) is 17.9 Å². The molecule has 0 saturated carbocycles. The van der Waals surface area contributed by atoms with Crippen LogP contribution in [0.25, 0.3) is 10.2 Å². The Labute approximate surface area is 135 Å². The number of aryl methyl sites for hydroxylation is 2. The van der Waals surface area contributed by atoms with E-state index in [1.807, 2.05) is 0 Å². The number of rotatable bonds is 3. The van der Waals surface area contributed by atoms with Crippen molar-refractivity contribution in [1.29, 1.82) is 0 Å². The van der Waals surface area contributed by atoms with Crippen LogP contribution in [0.4, 0.5) is 0 Å². The van der Waals surface area contributed by atoms with Crippen molar-refractivity contribution in [3.63, 3.8) is 0 Å². The molecule has 1 atom stereocenters. The highest BCUT2D eigenvalue weighted by Gasteiger charge is 2.31. The second kappa shape index (κ2) is 5.76. The summed E-state index contributed by atoms with van der Waals surface area (Å²) in [6.45, 7) is 9.73. The Kier molecular flexibility index (Phi) is 4.10. The molecular weight excluding hydrogens is 294 g/mol. The van der Waals surface area contributed by atoms with E-state index >= 15 is 0 Å². The van der Waals surface area contributed by atoms with Gasteiger partial charge >= 0.3 is 0 Å². The standard InChI is InChI=1S/C17H25N3OS/c1-5-6-9-20-16(21)14-12-8-7-11(17(2,3)4)10-13(12)22-15(14)18-19-20/h11H,5-10H2,1-4H3/t11-/m1/s1. The molecule has 0 fully saturated rings. The first-order valence-electron chi connectivity index (χ1n) is 8.30. The molecule has 0 saturated heterocycles. The SMILES string of the molecule is CCCCn1nnc2sc3c(c2c1=O)CC[C@@H](C(C)(C)C)C3. The molecule has 2 aromatic rings. The van der Waals surface area contributed by atoms with Crippen LogP contribution in [0.15, 0.2) is 4.79 Å². The molecule has 0 unspecified atom stereocenters. The maximum atomic E-state index is 12.7. The van der Waals surface area contributed by atoms with Gasteiger partial charge in [-0.2, -0.15) is 0 Å². The van der Waals surface area contributed by atoms with E-state index in [-0.39, 0.29) is 5.56 Å². The molecule has 0 aromatic carbocycles. The average Bonchev–Trinajstić information content (AvgIpc) is 2.84. The van der Waals surface area contributed by atoms with Crippen LogP contribution in [0.3, 0.4) is 0 Å². The van der Waals surface area contributed by atoms with E-state index in [9.17, 15) is 4.79 Å². The highest BCUT2D eigenvalue weighted by Crippen LogP contribution is 2.41. The van der Waals surface area contributed by atoms with Gasteiger partial charge in [0.2, 0.25) is 0 Å². The molecule has 3 rings (SSSR count). The number of hydrogen-bond donors (Lipinski definition) is 0. The van der Waals surface area contributed by atoms with Crippen LogP contribution in [0, 0.1) is 11.3 Å². The molecule has 1 aliphatic carbocycles. The van der Waals surface area contributed by atoms with Gasteiger partial charge in [-0.3, -0.25) is 4.79 Å². The summed E-state index contributed by atoms with van der Waals surface area (Å²) in [5.74, 6) is 0.684. The average molecular weight is 319 g/mol. The molecule has 0 bridgehead atoms. The molecular formula is C17H25N3OS.